The Morgan fingerprint density at radius 3 is 2.53 bits per heavy atom. The van der Waals surface area contributed by atoms with Gasteiger partial charge in [-0.15, -0.1) is 0 Å². The van der Waals surface area contributed by atoms with Crippen molar-refractivity contribution in [2.75, 3.05) is 45.8 Å². The lowest BCUT2D eigenvalue weighted by molar-refractivity contribution is 0.0190. The number of halogens is 1. The summed E-state index contributed by atoms with van der Waals surface area (Å²) in [7, 11) is 0. The molecule has 1 N–H and O–H groups in total. The fourth-order valence-electron chi connectivity index (χ4n) is 2.98. The molecule has 0 aromatic carbocycles. The van der Waals surface area contributed by atoms with Crippen molar-refractivity contribution in [2.45, 2.75) is 38.4 Å². The van der Waals surface area contributed by atoms with Crippen LogP contribution >= 0.6 is 0 Å². The number of rotatable bonds is 3. The van der Waals surface area contributed by atoms with Crippen molar-refractivity contribution in [3.05, 3.63) is 0 Å². The molecule has 4 heteroatoms. The molecule has 1 unspecified atom stereocenters. The predicted molar refractivity (Wildman–Crippen MR) is 69.1 cm³/mol. The van der Waals surface area contributed by atoms with Crippen molar-refractivity contribution in [3.8, 4) is 0 Å². The van der Waals surface area contributed by atoms with E-state index in [1.807, 2.05) is 0 Å². The summed E-state index contributed by atoms with van der Waals surface area (Å²) >= 11 is 0. The zero-order chi connectivity index (χ0) is 12.3. The van der Waals surface area contributed by atoms with Gasteiger partial charge in [0.25, 0.3) is 0 Å². The highest BCUT2D eigenvalue weighted by atomic mass is 19.1. The molecule has 0 spiro atoms. The Kier molecular flexibility index (Phi) is 4.39. The highest BCUT2D eigenvalue weighted by molar-refractivity contribution is 4.90. The highest BCUT2D eigenvalue weighted by Crippen LogP contribution is 2.27. The van der Waals surface area contributed by atoms with Crippen LogP contribution in [0.2, 0.25) is 0 Å². The number of likely N-dealkylation sites (tertiary alicyclic amines) is 1. The van der Waals surface area contributed by atoms with Crippen LogP contribution in [-0.2, 0) is 0 Å². The molecule has 2 aliphatic heterocycles. The summed E-state index contributed by atoms with van der Waals surface area (Å²) in [6, 6.07) is 0.503. The summed E-state index contributed by atoms with van der Waals surface area (Å²) in [5.41, 5.74) is -0.942. The fourth-order valence-corrected chi connectivity index (χ4v) is 2.98. The smallest absolute Gasteiger partial charge is 0.126 e. The second kappa shape index (κ2) is 5.63. The molecule has 0 amide bonds. The molecule has 0 aromatic heterocycles. The number of alkyl halides is 1. The summed E-state index contributed by atoms with van der Waals surface area (Å²) in [6.07, 6.45) is 1.41. The zero-order valence-corrected chi connectivity index (χ0v) is 11.2. The molecule has 2 aliphatic rings. The van der Waals surface area contributed by atoms with Crippen molar-refractivity contribution in [3.63, 3.8) is 0 Å². The van der Waals surface area contributed by atoms with Crippen LogP contribution in [0.1, 0.15) is 26.7 Å². The average molecular weight is 243 g/mol. The number of piperidine rings is 1. The van der Waals surface area contributed by atoms with E-state index in [0.717, 1.165) is 39.3 Å². The zero-order valence-electron chi connectivity index (χ0n) is 11.2. The first-order chi connectivity index (χ1) is 8.11. The number of nitrogens with zero attached hydrogens (tertiary/aromatic N) is 2. The SMILES string of the molecule is CCN1CCC(F)(CN2CCNC(C)C2)CC1. The van der Waals surface area contributed by atoms with Crippen molar-refractivity contribution < 1.29 is 4.39 Å². The standard InChI is InChI=1S/C13H26FN3/c1-3-16-7-4-13(14,5-8-16)11-17-9-6-15-12(2)10-17/h12,15H,3-11H2,1-2H3. The van der Waals surface area contributed by atoms with E-state index in [4.69, 9.17) is 0 Å². The third kappa shape index (κ3) is 3.63. The maximum atomic E-state index is 14.7. The van der Waals surface area contributed by atoms with Gasteiger partial charge < -0.3 is 10.2 Å². The summed E-state index contributed by atoms with van der Waals surface area (Å²) in [6.45, 7) is 10.9. The molecule has 2 heterocycles. The van der Waals surface area contributed by atoms with Crippen molar-refractivity contribution in [1.29, 1.82) is 0 Å². The Bertz CT molecular complexity index is 239. The third-order valence-electron chi connectivity index (χ3n) is 4.16. The predicted octanol–water partition coefficient (Wildman–Crippen LogP) is 1.10. The molecule has 100 valence electrons. The Labute approximate surface area is 104 Å². The normalized spacial score (nSPS) is 31.6. The number of hydrogen-bond donors (Lipinski definition) is 1. The molecule has 2 fully saturated rings. The Morgan fingerprint density at radius 2 is 1.94 bits per heavy atom. The molecule has 0 aromatic rings. The van der Waals surface area contributed by atoms with Gasteiger partial charge in [-0.2, -0.15) is 0 Å². The summed E-state index contributed by atoms with van der Waals surface area (Å²) < 4.78 is 14.7. The van der Waals surface area contributed by atoms with Gasteiger partial charge >= 0.3 is 0 Å². The molecule has 17 heavy (non-hydrogen) atoms. The minimum absolute atomic E-state index is 0.503. The molecule has 0 aliphatic carbocycles. The van der Waals surface area contributed by atoms with Gasteiger partial charge in [0.1, 0.15) is 5.67 Å². The Hall–Kier alpha value is -0.190. The molecule has 2 rings (SSSR count). The first-order valence-electron chi connectivity index (χ1n) is 6.98. The fraction of sp³-hybridized carbons (Fsp3) is 1.00. The van der Waals surface area contributed by atoms with E-state index in [1.165, 1.54) is 0 Å². The molecule has 1 atom stereocenters. The van der Waals surface area contributed by atoms with Crippen LogP contribution in [0, 0.1) is 0 Å². The maximum absolute atomic E-state index is 14.7. The van der Waals surface area contributed by atoms with Crippen LogP contribution in [0.15, 0.2) is 0 Å². The summed E-state index contributed by atoms with van der Waals surface area (Å²) in [4.78, 5) is 4.64. The van der Waals surface area contributed by atoms with Crippen LogP contribution in [0.5, 0.6) is 0 Å². The highest BCUT2D eigenvalue weighted by Gasteiger charge is 2.36. The second-order valence-electron chi connectivity index (χ2n) is 5.68. The van der Waals surface area contributed by atoms with E-state index in [0.29, 0.717) is 25.4 Å². The summed E-state index contributed by atoms with van der Waals surface area (Å²) in [5, 5.41) is 3.41. The average Bonchev–Trinajstić information content (AvgIpc) is 2.29. The molecule has 0 radical (unpaired) electrons. The third-order valence-corrected chi connectivity index (χ3v) is 4.16. The molecular formula is C13H26FN3. The lowest BCUT2D eigenvalue weighted by Crippen LogP contribution is -2.55. The van der Waals surface area contributed by atoms with Gasteiger partial charge in [-0.1, -0.05) is 6.92 Å². The second-order valence-corrected chi connectivity index (χ2v) is 5.68. The van der Waals surface area contributed by atoms with Gasteiger partial charge in [0.2, 0.25) is 0 Å². The molecule has 2 saturated heterocycles. The van der Waals surface area contributed by atoms with Crippen LogP contribution in [0.3, 0.4) is 0 Å². The van der Waals surface area contributed by atoms with E-state index in [9.17, 15) is 4.39 Å². The van der Waals surface area contributed by atoms with Gasteiger partial charge in [0.15, 0.2) is 0 Å². The van der Waals surface area contributed by atoms with Gasteiger partial charge in [0, 0.05) is 45.3 Å². The topological polar surface area (TPSA) is 18.5 Å². The lowest BCUT2D eigenvalue weighted by Gasteiger charge is -2.41. The molecule has 3 nitrogen and oxygen atoms in total. The van der Waals surface area contributed by atoms with Gasteiger partial charge in [-0.25, -0.2) is 4.39 Å². The van der Waals surface area contributed by atoms with E-state index < -0.39 is 5.67 Å². The quantitative estimate of drug-likeness (QED) is 0.801. The van der Waals surface area contributed by atoms with Crippen LogP contribution in [0.25, 0.3) is 0 Å². The van der Waals surface area contributed by atoms with Gasteiger partial charge in [0.05, 0.1) is 0 Å². The number of nitrogens with one attached hydrogen (secondary N) is 1. The van der Waals surface area contributed by atoms with Crippen molar-refractivity contribution in [1.82, 2.24) is 15.1 Å². The lowest BCUT2D eigenvalue weighted by atomic mass is 9.92. The first-order valence-corrected chi connectivity index (χ1v) is 6.98. The monoisotopic (exact) mass is 243 g/mol. The Morgan fingerprint density at radius 1 is 1.24 bits per heavy atom. The maximum Gasteiger partial charge on any atom is 0.126 e. The van der Waals surface area contributed by atoms with Crippen LogP contribution in [0.4, 0.5) is 4.39 Å². The minimum Gasteiger partial charge on any atom is -0.312 e. The first kappa shape index (κ1) is 13.2. The van der Waals surface area contributed by atoms with Crippen molar-refractivity contribution >= 4 is 0 Å². The number of hydrogen-bond acceptors (Lipinski definition) is 3. The largest absolute Gasteiger partial charge is 0.312 e. The van der Waals surface area contributed by atoms with Crippen LogP contribution in [-0.4, -0.2) is 67.3 Å². The van der Waals surface area contributed by atoms with E-state index >= 15 is 0 Å². The number of piperazine rings is 1. The summed E-state index contributed by atoms with van der Waals surface area (Å²) in [5.74, 6) is 0. The van der Waals surface area contributed by atoms with Crippen LogP contribution < -0.4 is 5.32 Å². The van der Waals surface area contributed by atoms with Gasteiger partial charge in [-0.05, 0) is 26.3 Å². The minimum atomic E-state index is -0.942. The van der Waals surface area contributed by atoms with Gasteiger partial charge in [-0.3, -0.25) is 4.90 Å². The molecule has 0 bridgehead atoms. The van der Waals surface area contributed by atoms with Crippen molar-refractivity contribution in [2.24, 2.45) is 0 Å². The molecule has 0 saturated carbocycles. The Balaban J connectivity index is 1.81. The molecular weight excluding hydrogens is 217 g/mol. The van der Waals surface area contributed by atoms with E-state index in [-0.39, 0.29) is 0 Å². The van der Waals surface area contributed by atoms with E-state index in [1.54, 1.807) is 0 Å². The van der Waals surface area contributed by atoms with E-state index in [2.05, 4.69) is 29.0 Å².